The topological polar surface area (TPSA) is 55.9 Å². The summed E-state index contributed by atoms with van der Waals surface area (Å²) in [6.45, 7) is 2.98. The van der Waals surface area contributed by atoms with Crippen LogP contribution in [0, 0.1) is 0 Å². The van der Waals surface area contributed by atoms with Crippen LogP contribution in [-0.2, 0) is 6.54 Å². The fourth-order valence-corrected chi connectivity index (χ4v) is 2.75. The maximum absolute atomic E-state index is 5.63. The van der Waals surface area contributed by atoms with Gasteiger partial charge in [-0.05, 0) is 41.1 Å². The number of benzene rings is 1. The summed E-state index contributed by atoms with van der Waals surface area (Å²) >= 11 is 8.45. The largest absolute Gasteiger partial charge is 0.389 e. The van der Waals surface area contributed by atoms with Crippen LogP contribution < -0.4 is 11.1 Å². The molecular weight excluding hydrogens is 324 g/mol. The highest BCUT2D eigenvalue weighted by Gasteiger charge is 2.06. The molecule has 1 atom stereocenters. The molecule has 4 nitrogen and oxygen atoms in total. The van der Waals surface area contributed by atoms with Gasteiger partial charge in [-0.1, -0.05) is 12.2 Å². The highest BCUT2D eigenvalue weighted by Crippen LogP contribution is 2.22. The number of nitrogens with zero attached hydrogens (tertiary/aromatic N) is 2. The summed E-state index contributed by atoms with van der Waals surface area (Å²) < 4.78 is 2.94. The lowest BCUT2D eigenvalue weighted by molar-refractivity contribution is 0.619. The fraction of sp³-hybridized carbons (Fsp3) is 0.231. The summed E-state index contributed by atoms with van der Waals surface area (Å²) in [5.41, 5.74) is 7.50. The van der Waals surface area contributed by atoms with E-state index in [4.69, 9.17) is 18.0 Å². The summed E-state index contributed by atoms with van der Waals surface area (Å²) in [5, 5.41) is 3.42. The van der Waals surface area contributed by atoms with Crippen LogP contribution in [0.1, 0.15) is 12.5 Å². The Balaban J connectivity index is 2.03. The van der Waals surface area contributed by atoms with Gasteiger partial charge in [0.25, 0.3) is 0 Å². The first-order valence-electron chi connectivity index (χ1n) is 5.88. The van der Waals surface area contributed by atoms with Gasteiger partial charge in [0.05, 0.1) is 6.33 Å². The molecule has 0 fully saturated rings. The lowest BCUT2D eigenvalue weighted by atomic mass is 10.2. The molecule has 2 aromatic rings. The number of halogens is 1. The summed E-state index contributed by atoms with van der Waals surface area (Å²) in [4.78, 5) is 4.42. The molecule has 2 rings (SSSR count). The number of hydrogen-bond acceptors (Lipinski definition) is 3. The van der Waals surface area contributed by atoms with Crippen molar-refractivity contribution in [3.8, 4) is 0 Å². The number of thiocarbonyl (C=S) groups is 1. The first kappa shape index (κ1) is 14.0. The number of nitrogens with two attached hydrogens (primary N) is 1. The van der Waals surface area contributed by atoms with Crippen LogP contribution in [0.3, 0.4) is 0 Å². The zero-order valence-electron chi connectivity index (χ0n) is 10.5. The minimum absolute atomic E-state index is 0.289. The maximum Gasteiger partial charge on any atom is 0.105 e. The summed E-state index contributed by atoms with van der Waals surface area (Å²) in [7, 11) is 0. The summed E-state index contributed by atoms with van der Waals surface area (Å²) in [6.07, 6.45) is 5.54. The molecule has 0 amide bonds. The Labute approximate surface area is 126 Å². The third kappa shape index (κ3) is 3.78. The molecule has 3 N–H and O–H groups in total. The number of imidazole rings is 1. The van der Waals surface area contributed by atoms with Gasteiger partial charge in [-0.2, -0.15) is 0 Å². The Morgan fingerprint density at radius 2 is 2.37 bits per heavy atom. The highest BCUT2D eigenvalue weighted by atomic mass is 79.9. The van der Waals surface area contributed by atoms with Crippen molar-refractivity contribution in [3.63, 3.8) is 0 Å². The molecule has 1 aromatic heterocycles. The van der Waals surface area contributed by atoms with E-state index in [1.807, 2.05) is 35.3 Å². The number of rotatable bonds is 5. The first-order chi connectivity index (χ1) is 9.06. The first-order valence-corrected chi connectivity index (χ1v) is 7.08. The second-order valence-electron chi connectivity index (χ2n) is 4.36. The Hall–Kier alpha value is -1.40. The van der Waals surface area contributed by atoms with Gasteiger partial charge in [-0.15, -0.1) is 0 Å². The quantitative estimate of drug-likeness (QED) is 0.823. The Morgan fingerprint density at radius 1 is 1.58 bits per heavy atom. The van der Waals surface area contributed by atoms with E-state index in [0.29, 0.717) is 4.99 Å². The molecule has 1 unspecified atom stereocenters. The van der Waals surface area contributed by atoms with Gasteiger partial charge in [-0.3, -0.25) is 0 Å². The van der Waals surface area contributed by atoms with Gasteiger partial charge >= 0.3 is 0 Å². The summed E-state index contributed by atoms with van der Waals surface area (Å²) in [6, 6.07) is 6.16. The number of aromatic nitrogens is 2. The molecule has 1 aromatic carbocycles. The number of anilines is 1. The molecule has 6 heteroatoms. The molecule has 0 saturated heterocycles. The molecule has 0 saturated carbocycles. The molecule has 1 heterocycles. The van der Waals surface area contributed by atoms with Crippen LogP contribution >= 0.6 is 28.1 Å². The van der Waals surface area contributed by atoms with Crippen LogP contribution in [0.4, 0.5) is 5.69 Å². The van der Waals surface area contributed by atoms with Crippen molar-refractivity contribution >= 4 is 38.8 Å². The molecule has 0 radical (unpaired) electrons. The molecule has 0 aliphatic carbocycles. The van der Waals surface area contributed by atoms with Gasteiger partial charge in [0, 0.05) is 40.7 Å². The zero-order chi connectivity index (χ0) is 13.8. The standard InChI is InChI=1S/C13H15BrN4S/c1-9(7-18-5-4-16-8-18)17-10-2-3-11(13(15)19)12(14)6-10/h2-6,8-9,17H,7H2,1H3,(H2,15,19). The van der Waals surface area contributed by atoms with E-state index in [1.54, 1.807) is 6.20 Å². The normalized spacial score (nSPS) is 12.1. The van der Waals surface area contributed by atoms with Gasteiger partial charge in [0.2, 0.25) is 0 Å². The van der Waals surface area contributed by atoms with Gasteiger partial charge in [-0.25, -0.2) is 4.98 Å². The molecule has 0 bridgehead atoms. The lowest BCUT2D eigenvalue weighted by Crippen LogP contribution is -2.21. The number of hydrogen-bond donors (Lipinski definition) is 2. The van der Waals surface area contributed by atoms with E-state index in [1.165, 1.54) is 0 Å². The third-order valence-electron chi connectivity index (χ3n) is 2.69. The van der Waals surface area contributed by atoms with Crippen LogP contribution in [0.2, 0.25) is 0 Å². The van der Waals surface area contributed by atoms with Crippen molar-refractivity contribution in [2.24, 2.45) is 5.73 Å². The van der Waals surface area contributed by atoms with Gasteiger partial charge in [0.15, 0.2) is 0 Å². The minimum atomic E-state index is 0.289. The van der Waals surface area contributed by atoms with E-state index >= 15 is 0 Å². The van der Waals surface area contributed by atoms with Crippen molar-refractivity contribution in [3.05, 3.63) is 47.0 Å². The second-order valence-corrected chi connectivity index (χ2v) is 5.66. The van der Waals surface area contributed by atoms with Crippen molar-refractivity contribution in [1.29, 1.82) is 0 Å². The average molecular weight is 339 g/mol. The van der Waals surface area contributed by atoms with Crippen molar-refractivity contribution in [2.45, 2.75) is 19.5 Å². The van der Waals surface area contributed by atoms with Crippen molar-refractivity contribution < 1.29 is 0 Å². The second kappa shape index (κ2) is 6.16. The predicted molar refractivity (Wildman–Crippen MR) is 85.3 cm³/mol. The van der Waals surface area contributed by atoms with E-state index in [2.05, 4.69) is 33.2 Å². The Kier molecular flexibility index (Phi) is 4.55. The van der Waals surface area contributed by atoms with Crippen LogP contribution in [-0.4, -0.2) is 20.6 Å². The molecule has 0 aliphatic heterocycles. The smallest absolute Gasteiger partial charge is 0.105 e. The van der Waals surface area contributed by atoms with E-state index < -0.39 is 0 Å². The Bertz CT molecular complexity index is 568. The third-order valence-corrected chi connectivity index (χ3v) is 3.57. The maximum atomic E-state index is 5.63. The van der Waals surface area contributed by atoms with Crippen LogP contribution in [0.5, 0.6) is 0 Å². The van der Waals surface area contributed by atoms with E-state index in [9.17, 15) is 0 Å². The minimum Gasteiger partial charge on any atom is -0.389 e. The Morgan fingerprint density at radius 3 is 2.95 bits per heavy atom. The van der Waals surface area contributed by atoms with Gasteiger partial charge in [0.1, 0.15) is 4.99 Å². The molecular formula is C13H15BrN4S. The number of nitrogens with one attached hydrogen (secondary N) is 1. The van der Waals surface area contributed by atoms with Crippen molar-refractivity contribution in [1.82, 2.24) is 9.55 Å². The van der Waals surface area contributed by atoms with Gasteiger partial charge < -0.3 is 15.6 Å². The fourth-order valence-electron chi connectivity index (χ4n) is 1.85. The lowest BCUT2D eigenvalue weighted by Gasteiger charge is -2.16. The SMILES string of the molecule is CC(Cn1ccnc1)Nc1ccc(C(N)=S)c(Br)c1. The van der Waals surface area contributed by atoms with Crippen molar-refractivity contribution in [2.75, 3.05) is 5.32 Å². The van der Waals surface area contributed by atoms with Crippen LogP contribution in [0.25, 0.3) is 0 Å². The predicted octanol–water partition coefficient (Wildman–Crippen LogP) is 2.78. The monoisotopic (exact) mass is 338 g/mol. The highest BCUT2D eigenvalue weighted by molar-refractivity contribution is 9.10. The van der Waals surface area contributed by atoms with Crippen LogP contribution in [0.15, 0.2) is 41.4 Å². The van der Waals surface area contributed by atoms with E-state index in [-0.39, 0.29) is 6.04 Å². The summed E-state index contributed by atoms with van der Waals surface area (Å²) in [5.74, 6) is 0. The van der Waals surface area contributed by atoms with E-state index in [0.717, 1.165) is 22.3 Å². The average Bonchev–Trinajstić information content (AvgIpc) is 2.81. The molecule has 100 valence electrons. The molecule has 0 aliphatic rings. The molecule has 19 heavy (non-hydrogen) atoms. The molecule has 0 spiro atoms. The zero-order valence-corrected chi connectivity index (χ0v) is 12.9.